The van der Waals surface area contributed by atoms with Crippen molar-refractivity contribution in [3.8, 4) is 11.5 Å². The van der Waals surface area contributed by atoms with Gasteiger partial charge in [-0.05, 0) is 6.07 Å². The van der Waals surface area contributed by atoms with Crippen molar-refractivity contribution >= 4 is 16.7 Å². The van der Waals surface area contributed by atoms with Crippen molar-refractivity contribution in [2.45, 2.75) is 0 Å². The number of aromatic hydroxyl groups is 2. The summed E-state index contributed by atoms with van der Waals surface area (Å²) in [5.74, 6) is -0.924. The van der Waals surface area contributed by atoms with Crippen LogP contribution in [0.2, 0.25) is 0 Å². The number of benzene rings is 2. The summed E-state index contributed by atoms with van der Waals surface area (Å²) in [6.45, 7) is 0. The molecule has 4 nitrogen and oxygen atoms in total. The summed E-state index contributed by atoms with van der Waals surface area (Å²) in [5, 5.41) is 20.5. The lowest BCUT2D eigenvalue weighted by Gasteiger charge is -2.08. The van der Waals surface area contributed by atoms with E-state index in [4.69, 9.17) is 0 Å². The number of carbonyl (C=O) groups excluding carboxylic acids is 1. The van der Waals surface area contributed by atoms with Gasteiger partial charge in [-0.15, -0.1) is 0 Å². The first-order chi connectivity index (χ1) is 7.65. The van der Waals surface area contributed by atoms with Gasteiger partial charge in [0, 0.05) is 10.8 Å². The van der Waals surface area contributed by atoms with Gasteiger partial charge < -0.3 is 14.9 Å². The normalized spacial score (nSPS) is 10.3. The van der Waals surface area contributed by atoms with E-state index in [0.29, 0.717) is 10.8 Å². The maximum Gasteiger partial charge on any atom is 0.341 e. The lowest BCUT2D eigenvalue weighted by molar-refractivity contribution is 0.0597. The predicted octanol–water partition coefficient (Wildman–Crippen LogP) is 2.04. The van der Waals surface area contributed by atoms with Crippen molar-refractivity contribution in [1.29, 1.82) is 0 Å². The third-order valence-corrected chi connectivity index (χ3v) is 2.40. The lowest BCUT2D eigenvalue weighted by atomic mass is 10.0. The molecule has 0 radical (unpaired) electrons. The van der Waals surface area contributed by atoms with Gasteiger partial charge in [0.15, 0.2) is 0 Å². The van der Waals surface area contributed by atoms with Gasteiger partial charge in [-0.2, -0.15) is 0 Å². The molecule has 16 heavy (non-hydrogen) atoms. The second-order valence-corrected chi connectivity index (χ2v) is 3.33. The molecule has 0 atom stereocenters. The molecule has 82 valence electrons. The molecule has 0 aromatic heterocycles. The van der Waals surface area contributed by atoms with E-state index in [1.807, 2.05) is 0 Å². The molecule has 0 bridgehead atoms. The minimum atomic E-state index is -0.682. The smallest absolute Gasteiger partial charge is 0.341 e. The van der Waals surface area contributed by atoms with Crippen LogP contribution in [0.1, 0.15) is 10.4 Å². The summed E-state index contributed by atoms with van der Waals surface area (Å²) in [7, 11) is 1.22. The first-order valence-corrected chi connectivity index (χ1v) is 4.67. The van der Waals surface area contributed by atoms with E-state index < -0.39 is 5.97 Å². The van der Waals surface area contributed by atoms with Gasteiger partial charge in [-0.1, -0.05) is 24.3 Å². The van der Waals surface area contributed by atoms with Crippen LogP contribution in [-0.4, -0.2) is 23.3 Å². The number of hydrogen-bond donors (Lipinski definition) is 2. The Kier molecular flexibility index (Phi) is 2.40. The van der Waals surface area contributed by atoms with Crippen LogP contribution in [0.25, 0.3) is 10.8 Å². The SMILES string of the molecule is COC(=O)c1cc(O)c2ccccc2c1O. The first kappa shape index (κ1) is 10.3. The van der Waals surface area contributed by atoms with Crippen LogP contribution >= 0.6 is 0 Å². The molecule has 0 unspecified atom stereocenters. The highest BCUT2D eigenvalue weighted by Crippen LogP contribution is 2.35. The fourth-order valence-electron chi connectivity index (χ4n) is 1.61. The van der Waals surface area contributed by atoms with Crippen LogP contribution in [0.15, 0.2) is 30.3 Å². The van der Waals surface area contributed by atoms with Gasteiger partial charge in [-0.25, -0.2) is 4.79 Å². The molecule has 0 fully saturated rings. The van der Waals surface area contributed by atoms with Crippen molar-refractivity contribution < 1.29 is 19.7 Å². The highest BCUT2D eigenvalue weighted by Gasteiger charge is 2.16. The summed E-state index contributed by atoms with van der Waals surface area (Å²) in [6.07, 6.45) is 0. The number of methoxy groups -OCH3 is 1. The minimum absolute atomic E-state index is 0.0429. The highest BCUT2D eigenvalue weighted by atomic mass is 16.5. The Balaban J connectivity index is 2.80. The molecule has 4 heteroatoms. The summed E-state index contributed by atoms with van der Waals surface area (Å²) >= 11 is 0. The van der Waals surface area contributed by atoms with E-state index >= 15 is 0 Å². The number of phenolic OH excluding ortho intramolecular Hbond substituents is 2. The molecule has 0 spiro atoms. The molecular weight excluding hydrogens is 208 g/mol. The third-order valence-electron chi connectivity index (χ3n) is 2.40. The van der Waals surface area contributed by atoms with E-state index in [1.165, 1.54) is 13.2 Å². The third kappa shape index (κ3) is 1.44. The van der Waals surface area contributed by atoms with Crippen molar-refractivity contribution in [3.63, 3.8) is 0 Å². The Morgan fingerprint density at radius 2 is 1.81 bits per heavy atom. The number of carbonyl (C=O) groups is 1. The Morgan fingerprint density at radius 1 is 1.19 bits per heavy atom. The van der Waals surface area contributed by atoms with Crippen LogP contribution < -0.4 is 0 Å². The average molecular weight is 218 g/mol. The predicted molar refractivity (Wildman–Crippen MR) is 58.6 cm³/mol. The fourth-order valence-corrected chi connectivity index (χ4v) is 1.61. The fraction of sp³-hybridized carbons (Fsp3) is 0.0833. The van der Waals surface area contributed by atoms with E-state index in [0.717, 1.165) is 0 Å². The average Bonchev–Trinajstić information content (AvgIpc) is 2.33. The van der Waals surface area contributed by atoms with Crippen molar-refractivity contribution in [3.05, 3.63) is 35.9 Å². The van der Waals surface area contributed by atoms with Gasteiger partial charge in [-0.3, -0.25) is 0 Å². The van der Waals surface area contributed by atoms with Crippen molar-refractivity contribution in [2.24, 2.45) is 0 Å². The highest BCUT2D eigenvalue weighted by molar-refractivity contribution is 6.03. The number of fused-ring (bicyclic) bond motifs is 1. The van der Waals surface area contributed by atoms with Crippen LogP contribution in [-0.2, 0) is 4.74 Å². The molecule has 0 aliphatic carbocycles. The van der Waals surface area contributed by atoms with Crippen LogP contribution in [0.5, 0.6) is 11.5 Å². The van der Waals surface area contributed by atoms with Gasteiger partial charge in [0.05, 0.1) is 7.11 Å². The van der Waals surface area contributed by atoms with Gasteiger partial charge in [0.2, 0.25) is 0 Å². The number of esters is 1. The van der Waals surface area contributed by atoms with Crippen molar-refractivity contribution in [2.75, 3.05) is 7.11 Å². The van der Waals surface area contributed by atoms with Crippen LogP contribution in [0.4, 0.5) is 0 Å². The quantitative estimate of drug-likeness (QED) is 0.567. The Morgan fingerprint density at radius 3 is 2.44 bits per heavy atom. The van der Waals surface area contributed by atoms with E-state index in [-0.39, 0.29) is 17.1 Å². The molecule has 0 aliphatic heterocycles. The summed E-state index contributed by atoms with van der Waals surface area (Å²) < 4.78 is 4.51. The monoisotopic (exact) mass is 218 g/mol. The number of ether oxygens (including phenoxy) is 1. The number of rotatable bonds is 1. The Bertz CT molecular complexity index is 560. The first-order valence-electron chi connectivity index (χ1n) is 4.67. The number of hydrogen-bond acceptors (Lipinski definition) is 4. The van der Waals surface area contributed by atoms with E-state index in [1.54, 1.807) is 24.3 Å². The van der Waals surface area contributed by atoms with Gasteiger partial charge in [0.25, 0.3) is 0 Å². The Hall–Kier alpha value is -2.23. The van der Waals surface area contributed by atoms with Crippen molar-refractivity contribution in [1.82, 2.24) is 0 Å². The Labute approximate surface area is 91.7 Å². The number of phenols is 2. The molecule has 0 saturated heterocycles. The summed E-state index contributed by atoms with van der Waals surface area (Å²) in [4.78, 5) is 11.3. The van der Waals surface area contributed by atoms with Gasteiger partial charge >= 0.3 is 5.97 Å². The standard InChI is InChI=1S/C12H10O4/c1-16-12(15)9-6-10(13)7-4-2-3-5-8(7)11(9)14/h2-6,13-14H,1H3. The zero-order chi connectivity index (χ0) is 11.7. The van der Waals surface area contributed by atoms with Gasteiger partial charge in [0.1, 0.15) is 17.1 Å². The maximum atomic E-state index is 11.3. The summed E-state index contributed by atoms with van der Waals surface area (Å²) in [5.41, 5.74) is -0.0429. The molecule has 2 aromatic rings. The van der Waals surface area contributed by atoms with E-state index in [9.17, 15) is 15.0 Å². The van der Waals surface area contributed by atoms with E-state index in [2.05, 4.69) is 4.74 Å². The summed E-state index contributed by atoms with van der Waals surface area (Å²) in [6, 6.07) is 7.92. The molecule has 0 amide bonds. The van der Waals surface area contributed by atoms with Crippen LogP contribution in [0, 0.1) is 0 Å². The zero-order valence-electron chi connectivity index (χ0n) is 8.60. The molecule has 0 saturated carbocycles. The molecule has 2 aromatic carbocycles. The molecule has 0 aliphatic rings. The molecule has 2 rings (SSSR count). The maximum absolute atomic E-state index is 11.3. The van der Waals surface area contributed by atoms with Crippen LogP contribution in [0.3, 0.4) is 0 Å². The molecule has 0 heterocycles. The molecular formula is C12H10O4. The topological polar surface area (TPSA) is 66.8 Å². The second-order valence-electron chi connectivity index (χ2n) is 3.33. The lowest BCUT2D eigenvalue weighted by Crippen LogP contribution is -2.01. The second kappa shape index (κ2) is 3.73. The molecule has 2 N–H and O–H groups in total. The minimum Gasteiger partial charge on any atom is -0.507 e. The zero-order valence-corrected chi connectivity index (χ0v) is 8.60. The largest absolute Gasteiger partial charge is 0.507 e.